The van der Waals surface area contributed by atoms with E-state index >= 15 is 0 Å². The molecule has 0 aliphatic heterocycles. The van der Waals surface area contributed by atoms with Gasteiger partial charge in [-0.1, -0.05) is 13.8 Å². The molecule has 0 amide bonds. The lowest BCUT2D eigenvalue weighted by Gasteiger charge is -2.18. The molecular weight excluding hydrogens is 244 g/mol. The Balaban J connectivity index is 2.55. The molecule has 0 saturated carbocycles. The van der Waals surface area contributed by atoms with Crippen LogP contribution in [-0.4, -0.2) is 52.1 Å². The third kappa shape index (κ3) is 5.69. The van der Waals surface area contributed by atoms with Crippen LogP contribution in [0.3, 0.4) is 0 Å². The number of anilines is 2. The van der Waals surface area contributed by atoms with Gasteiger partial charge in [-0.3, -0.25) is 0 Å². The Morgan fingerprint density at radius 1 is 1.21 bits per heavy atom. The number of hydrogen-bond donors (Lipinski definition) is 2. The van der Waals surface area contributed by atoms with Crippen LogP contribution in [0.25, 0.3) is 0 Å². The number of likely N-dealkylation sites (N-methyl/N-ethyl adjacent to an activating group) is 1. The Kier molecular flexibility index (Phi) is 6.27. The lowest BCUT2D eigenvalue weighted by molar-refractivity contribution is 0.222. The van der Waals surface area contributed by atoms with Crippen LogP contribution in [0.2, 0.25) is 0 Å². The molecule has 0 saturated heterocycles. The Bertz CT molecular complexity index is 380. The smallest absolute Gasteiger partial charge is 0.323 e. The van der Waals surface area contributed by atoms with Crippen molar-refractivity contribution in [1.82, 2.24) is 19.9 Å². The SMILES string of the molecule is CCN(CC)CCNc1nc(N)nc(OC(C)C)n1. The fraction of sp³-hybridized carbons (Fsp3) is 0.750. The molecule has 0 fully saturated rings. The van der Waals surface area contributed by atoms with Crippen LogP contribution in [0.15, 0.2) is 0 Å². The minimum atomic E-state index is 0.00493. The number of nitrogens with two attached hydrogens (primary N) is 1. The van der Waals surface area contributed by atoms with Gasteiger partial charge in [0, 0.05) is 13.1 Å². The van der Waals surface area contributed by atoms with Crippen LogP contribution in [0, 0.1) is 0 Å². The summed E-state index contributed by atoms with van der Waals surface area (Å²) in [6.07, 6.45) is 0.00493. The summed E-state index contributed by atoms with van der Waals surface area (Å²) in [6, 6.07) is 0.257. The molecule has 0 unspecified atom stereocenters. The normalized spacial score (nSPS) is 11.1. The second kappa shape index (κ2) is 7.73. The number of nitrogen functional groups attached to an aromatic ring is 1. The lowest BCUT2D eigenvalue weighted by atomic mass is 10.4. The van der Waals surface area contributed by atoms with Gasteiger partial charge in [0.1, 0.15) is 0 Å². The molecule has 19 heavy (non-hydrogen) atoms. The van der Waals surface area contributed by atoms with Crippen molar-refractivity contribution < 1.29 is 4.74 Å². The van der Waals surface area contributed by atoms with Gasteiger partial charge in [-0.15, -0.1) is 0 Å². The molecule has 0 aromatic carbocycles. The number of hydrogen-bond acceptors (Lipinski definition) is 7. The van der Waals surface area contributed by atoms with Gasteiger partial charge in [0.05, 0.1) is 6.10 Å². The molecule has 0 aliphatic rings. The van der Waals surface area contributed by atoms with E-state index in [1.54, 1.807) is 0 Å². The van der Waals surface area contributed by atoms with Gasteiger partial charge in [0.2, 0.25) is 11.9 Å². The third-order valence-electron chi connectivity index (χ3n) is 2.58. The second-order valence-electron chi connectivity index (χ2n) is 4.42. The van der Waals surface area contributed by atoms with Gasteiger partial charge in [-0.2, -0.15) is 15.0 Å². The molecule has 108 valence electrons. The second-order valence-corrected chi connectivity index (χ2v) is 4.42. The zero-order valence-electron chi connectivity index (χ0n) is 12.2. The highest BCUT2D eigenvalue weighted by Crippen LogP contribution is 2.10. The number of ether oxygens (including phenoxy) is 1. The number of nitrogens with one attached hydrogen (secondary N) is 1. The maximum absolute atomic E-state index is 5.63. The summed E-state index contributed by atoms with van der Waals surface area (Å²) in [7, 11) is 0. The van der Waals surface area contributed by atoms with Crippen LogP contribution < -0.4 is 15.8 Å². The Morgan fingerprint density at radius 3 is 2.47 bits per heavy atom. The van der Waals surface area contributed by atoms with E-state index in [9.17, 15) is 0 Å². The van der Waals surface area contributed by atoms with Crippen molar-refractivity contribution in [2.75, 3.05) is 37.2 Å². The van der Waals surface area contributed by atoms with Crippen molar-refractivity contribution in [3.05, 3.63) is 0 Å². The van der Waals surface area contributed by atoms with Crippen molar-refractivity contribution in [3.63, 3.8) is 0 Å². The maximum atomic E-state index is 5.63. The molecule has 0 aliphatic carbocycles. The average molecular weight is 268 g/mol. The number of rotatable bonds is 8. The largest absolute Gasteiger partial charge is 0.461 e. The van der Waals surface area contributed by atoms with E-state index < -0.39 is 0 Å². The monoisotopic (exact) mass is 268 g/mol. The molecule has 3 N–H and O–H groups in total. The Labute approximate surface area is 114 Å². The Morgan fingerprint density at radius 2 is 1.89 bits per heavy atom. The fourth-order valence-corrected chi connectivity index (χ4v) is 1.58. The molecule has 7 heteroatoms. The highest BCUT2D eigenvalue weighted by Gasteiger charge is 2.07. The summed E-state index contributed by atoms with van der Waals surface area (Å²) in [4.78, 5) is 14.4. The summed E-state index contributed by atoms with van der Waals surface area (Å²) in [5, 5.41) is 3.13. The first-order valence-electron chi connectivity index (χ1n) is 6.69. The molecule has 0 atom stereocenters. The minimum Gasteiger partial charge on any atom is -0.461 e. The standard InChI is InChI=1S/C12H24N6O/c1-5-18(6-2)8-7-14-11-15-10(13)16-12(17-11)19-9(3)4/h9H,5-8H2,1-4H3,(H3,13,14,15,16,17). The summed E-state index contributed by atoms with van der Waals surface area (Å²) >= 11 is 0. The highest BCUT2D eigenvalue weighted by atomic mass is 16.5. The van der Waals surface area contributed by atoms with Crippen LogP contribution in [-0.2, 0) is 0 Å². The predicted molar refractivity (Wildman–Crippen MR) is 76.3 cm³/mol. The summed E-state index contributed by atoms with van der Waals surface area (Å²) < 4.78 is 5.41. The molecule has 0 spiro atoms. The van der Waals surface area contributed by atoms with E-state index in [1.807, 2.05) is 13.8 Å². The van der Waals surface area contributed by atoms with Gasteiger partial charge in [-0.05, 0) is 26.9 Å². The van der Waals surface area contributed by atoms with E-state index in [-0.39, 0.29) is 18.1 Å². The van der Waals surface area contributed by atoms with Crippen molar-refractivity contribution in [1.29, 1.82) is 0 Å². The first-order chi connectivity index (χ1) is 9.05. The average Bonchev–Trinajstić information content (AvgIpc) is 2.33. The van der Waals surface area contributed by atoms with Crippen LogP contribution in [0.1, 0.15) is 27.7 Å². The third-order valence-corrected chi connectivity index (χ3v) is 2.58. The molecular formula is C12H24N6O. The first-order valence-corrected chi connectivity index (χ1v) is 6.69. The van der Waals surface area contributed by atoms with Gasteiger partial charge < -0.3 is 20.7 Å². The van der Waals surface area contributed by atoms with E-state index in [1.165, 1.54) is 0 Å². The summed E-state index contributed by atoms with van der Waals surface area (Å²) in [6.45, 7) is 11.8. The van der Waals surface area contributed by atoms with Crippen molar-refractivity contribution in [3.8, 4) is 6.01 Å². The molecule has 1 aromatic rings. The van der Waals surface area contributed by atoms with E-state index in [4.69, 9.17) is 10.5 Å². The predicted octanol–water partition coefficient (Wildman–Crippen LogP) is 0.995. The van der Waals surface area contributed by atoms with Crippen molar-refractivity contribution in [2.45, 2.75) is 33.8 Å². The van der Waals surface area contributed by atoms with Crippen molar-refractivity contribution >= 4 is 11.9 Å². The molecule has 1 heterocycles. The highest BCUT2D eigenvalue weighted by molar-refractivity contribution is 5.32. The van der Waals surface area contributed by atoms with Crippen LogP contribution in [0.5, 0.6) is 6.01 Å². The Hall–Kier alpha value is -1.63. The molecule has 1 aromatic heterocycles. The summed E-state index contributed by atoms with van der Waals surface area (Å²) in [5.74, 6) is 0.617. The van der Waals surface area contributed by atoms with Crippen molar-refractivity contribution in [2.24, 2.45) is 0 Å². The van der Waals surface area contributed by atoms with E-state index in [0.717, 1.165) is 26.2 Å². The first kappa shape index (κ1) is 15.4. The van der Waals surface area contributed by atoms with Gasteiger partial charge in [0.25, 0.3) is 0 Å². The van der Waals surface area contributed by atoms with Crippen LogP contribution in [0.4, 0.5) is 11.9 Å². The quantitative estimate of drug-likeness (QED) is 0.726. The fourth-order valence-electron chi connectivity index (χ4n) is 1.58. The van der Waals surface area contributed by atoms with Gasteiger partial charge in [-0.25, -0.2) is 0 Å². The zero-order chi connectivity index (χ0) is 14.3. The van der Waals surface area contributed by atoms with Gasteiger partial charge >= 0.3 is 6.01 Å². The minimum absolute atomic E-state index is 0.00493. The maximum Gasteiger partial charge on any atom is 0.323 e. The lowest BCUT2D eigenvalue weighted by Crippen LogP contribution is -2.29. The summed E-state index contributed by atoms with van der Waals surface area (Å²) in [5.41, 5.74) is 5.63. The molecule has 0 radical (unpaired) electrons. The van der Waals surface area contributed by atoms with E-state index in [0.29, 0.717) is 5.95 Å². The number of aromatic nitrogens is 3. The van der Waals surface area contributed by atoms with E-state index in [2.05, 4.69) is 39.0 Å². The topological polar surface area (TPSA) is 89.2 Å². The zero-order valence-corrected chi connectivity index (χ0v) is 12.2. The number of nitrogens with zero attached hydrogens (tertiary/aromatic N) is 4. The molecule has 1 rings (SSSR count). The van der Waals surface area contributed by atoms with Crippen LogP contribution >= 0.6 is 0 Å². The van der Waals surface area contributed by atoms with Gasteiger partial charge in [0.15, 0.2) is 0 Å². The molecule has 7 nitrogen and oxygen atoms in total. The molecule has 0 bridgehead atoms.